The third kappa shape index (κ3) is 6.21. The summed E-state index contributed by atoms with van der Waals surface area (Å²) in [7, 11) is -9.62. The second-order valence-corrected chi connectivity index (χ2v) is 9.40. The van der Waals surface area contributed by atoms with Gasteiger partial charge in [-0.05, 0) is 42.1 Å². The standard InChI is InChI=1S/C17H14ClN3O7S2.2Na/c1-8-4-16(30(26,27)28)14(7-12(8)18)20-21-17-11-5-9(29(23,24)25)6-15(22)10(11)2-3-13(17)19;;/h2-7,22H,19H2,1H3,(H,23,24,25)(H,26,27,28);;/q;2*+1/p-2. The largest absolute Gasteiger partial charge is 1.00 e. The zero-order valence-corrected chi connectivity index (χ0v) is 23.4. The van der Waals surface area contributed by atoms with E-state index in [2.05, 4.69) is 10.2 Å². The number of fused-ring (bicyclic) bond motifs is 1. The predicted molar refractivity (Wildman–Crippen MR) is 106 cm³/mol. The Morgan fingerprint density at radius 2 is 1.62 bits per heavy atom. The Morgan fingerprint density at radius 3 is 2.19 bits per heavy atom. The first-order valence-electron chi connectivity index (χ1n) is 7.97. The van der Waals surface area contributed by atoms with E-state index in [1.807, 2.05) is 0 Å². The number of hydrogen-bond donors (Lipinski definition) is 2. The molecule has 0 fully saturated rings. The summed E-state index contributed by atoms with van der Waals surface area (Å²) in [4.78, 5) is -1.35. The summed E-state index contributed by atoms with van der Waals surface area (Å²) in [5.41, 5.74) is 5.69. The molecule has 0 bridgehead atoms. The Bertz CT molecular complexity index is 1450. The molecule has 0 aliphatic carbocycles. The summed E-state index contributed by atoms with van der Waals surface area (Å²) in [6.07, 6.45) is 0. The minimum Gasteiger partial charge on any atom is -0.872 e. The van der Waals surface area contributed by atoms with E-state index < -0.39 is 35.8 Å². The maximum Gasteiger partial charge on any atom is 1.00 e. The van der Waals surface area contributed by atoms with E-state index in [9.17, 15) is 31.0 Å². The van der Waals surface area contributed by atoms with Crippen LogP contribution in [0.4, 0.5) is 17.1 Å². The minimum atomic E-state index is -4.94. The van der Waals surface area contributed by atoms with Crippen molar-refractivity contribution in [3.8, 4) is 5.75 Å². The van der Waals surface area contributed by atoms with Gasteiger partial charge in [0.2, 0.25) is 0 Å². The fourth-order valence-corrected chi connectivity index (χ4v) is 4.03. The fraction of sp³-hybridized carbons (Fsp3) is 0.0588. The third-order valence-corrected chi connectivity index (χ3v) is 6.24. The number of aryl methyl sites for hydroxylation is 1. The molecule has 0 unspecified atom stereocenters. The molecule has 0 atom stereocenters. The zero-order chi connectivity index (χ0) is 22.4. The molecule has 3 aromatic carbocycles. The molecule has 3 N–H and O–H groups in total. The first-order valence-corrected chi connectivity index (χ1v) is 11.2. The van der Waals surface area contributed by atoms with Gasteiger partial charge in [0.25, 0.3) is 10.1 Å². The molecule has 3 aromatic rings. The number of nitrogen functional groups attached to an aromatic ring is 1. The predicted octanol–water partition coefficient (Wildman–Crippen LogP) is -2.97. The molecule has 0 saturated heterocycles. The van der Waals surface area contributed by atoms with Crippen LogP contribution in [-0.2, 0) is 20.2 Å². The molecular formula is C17H12ClN3Na2O7S2. The quantitative estimate of drug-likeness (QED) is 0.159. The number of azo groups is 1. The maximum absolute atomic E-state index is 12.2. The Labute approximate surface area is 233 Å². The number of nitrogens with zero attached hydrogens (tertiary/aromatic N) is 2. The van der Waals surface area contributed by atoms with Crippen molar-refractivity contribution >= 4 is 59.7 Å². The summed E-state index contributed by atoms with van der Waals surface area (Å²) >= 11 is 5.99. The topological polar surface area (TPSA) is 185 Å². The van der Waals surface area contributed by atoms with Crippen molar-refractivity contribution in [2.75, 3.05) is 5.73 Å². The van der Waals surface area contributed by atoms with Gasteiger partial charge in [-0.25, -0.2) is 8.42 Å². The number of nitrogens with two attached hydrogens (primary N) is 1. The molecule has 0 aliphatic rings. The average molecular weight is 516 g/mol. The van der Waals surface area contributed by atoms with Crippen LogP contribution in [0.1, 0.15) is 5.56 Å². The van der Waals surface area contributed by atoms with Gasteiger partial charge in [0, 0.05) is 10.4 Å². The smallest absolute Gasteiger partial charge is 0.872 e. The van der Waals surface area contributed by atoms with Crippen LogP contribution >= 0.6 is 11.6 Å². The summed E-state index contributed by atoms with van der Waals surface area (Å²) in [5, 5.41) is 19.9. The van der Waals surface area contributed by atoms with Gasteiger partial charge in [-0.3, -0.25) is 4.55 Å². The minimum absolute atomic E-state index is 0. The summed E-state index contributed by atoms with van der Waals surface area (Å²) in [5.74, 6) is -0.754. The van der Waals surface area contributed by atoms with Crippen LogP contribution in [0.3, 0.4) is 0 Å². The van der Waals surface area contributed by atoms with Gasteiger partial charge in [0.15, 0.2) is 0 Å². The SMILES string of the molecule is Cc1cc(S(=O)(=O)O)c(N=Nc2c(N)ccc3c([O-])cc(S(=O)(=O)[O-])cc23)cc1Cl.[Na+].[Na+]. The Hall–Kier alpha value is -0.770. The summed E-state index contributed by atoms with van der Waals surface area (Å²) < 4.78 is 66.8. The van der Waals surface area contributed by atoms with Gasteiger partial charge in [0.1, 0.15) is 26.4 Å². The van der Waals surface area contributed by atoms with E-state index in [-0.39, 0.29) is 92.0 Å². The van der Waals surface area contributed by atoms with E-state index in [1.54, 1.807) is 0 Å². The first-order chi connectivity index (χ1) is 13.8. The Kier molecular flexibility index (Phi) is 9.75. The molecule has 32 heavy (non-hydrogen) atoms. The number of halogens is 1. The molecular weight excluding hydrogens is 504 g/mol. The van der Waals surface area contributed by atoms with E-state index in [4.69, 9.17) is 17.3 Å². The summed E-state index contributed by atoms with van der Waals surface area (Å²) in [6, 6.07) is 6.48. The molecule has 0 spiro atoms. The summed E-state index contributed by atoms with van der Waals surface area (Å²) in [6.45, 7) is 1.52. The van der Waals surface area contributed by atoms with Gasteiger partial charge < -0.3 is 15.4 Å². The van der Waals surface area contributed by atoms with Crippen molar-refractivity contribution in [3.05, 3.63) is 47.0 Å². The van der Waals surface area contributed by atoms with Crippen molar-refractivity contribution in [1.29, 1.82) is 0 Å². The molecule has 0 aliphatic heterocycles. The normalized spacial score (nSPS) is 11.9. The molecule has 0 heterocycles. The van der Waals surface area contributed by atoms with Gasteiger partial charge in [-0.1, -0.05) is 29.5 Å². The van der Waals surface area contributed by atoms with E-state index in [0.717, 1.165) is 18.2 Å². The van der Waals surface area contributed by atoms with Gasteiger partial charge >= 0.3 is 59.1 Å². The number of hydrogen-bond acceptors (Lipinski definition) is 9. The Morgan fingerprint density at radius 1 is 1.00 bits per heavy atom. The first kappa shape index (κ1) is 29.3. The van der Waals surface area contributed by atoms with Crippen LogP contribution in [0.25, 0.3) is 10.8 Å². The van der Waals surface area contributed by atoms with Gasteiger partial charge in [-0.2, -0.15) is 8.42 Å². The second kappa shape index (κ2) is 10.7. The molecule has 0 radical (unpaired) electrons. The van der Waals surface area contributed by atoms with Crippen molar-refractivity contribution in [2.45, 2.75) is 16.7 Å². The van der Waals surface area contributed by atoms with E-state index >= 15 is 0 Å². The second-order valence-electron chi connectivity index (χ2n) is 6.22. The molecule has 0 saturated carbocycles. The number of anilines is 1. The van der Waals surface area contributed by atoms with Gasteiger partial charge in [-0.15, -0.1) is 10.2 Å². The van der Waals surface area contributed by atoms with E-state index in [1.165, 1.54) is 19.1 Å². The van der Waals surface area contributed by atoms with E-state index in [0.29, 0.717) is 11.6 Å². The average Bonchev–Trinajstić information content (AvgIpc) is 2.61. The van der Waals surface area contributed by atoms with Crippen LogP contribution in [0.5, 0.6) is 5.75 Å². The molecule has 0 amide bonds. The molecule has 158 valence electrons. The fourth-order valence-electron chi connectivity index (χ4n) is 2.67. The van der Waals surface area contributed by atoms with Crippen LogP contribution < -0.4 is 70.0 Å². The number of benzene rings is 3. The molecule has 3 rings (SSSR count). The Balaban J connectivity index is 0.00000256. The third-order valence-electron chi connectivity index (χ3n) is 4.14. The van der Waals surface area contributed by atoms with Crippen LogP contribution in [0, 0.1) is 6.92 Å². The van der Waals surface area contributed by atoms with Crippen molar-refractivity contribution < 1.29 is 90.2 Å². The van der Waals surface area contributed by atoms with Crippen molar-refractivity contribution in [2.24, 2.45) is 10.2 Å². The van der Waals surface area contributed by atoms with Crippen LogP contribution in [-0.4, -0.2) is 25.9 Å². The van der Waals surface area contributed by atoms with Gasteiger partial charge in [0.05, 0.1) is 10.6 Å². The monoisotopic (exact) mass is 515 g/mol. The van der Waals surface area contributed by atoms with Crippen LogP contribution in [0.2, 0.25) is 5.02 Å². The maximum atomic E-state index is 12.2. The van der Waals surface area contributed by atoms with Crippen molar-refractivity contribution in [3.63, 3.8) is 0 Å². The van der Waals surface area contributed by atoms with Crippen molar-refractivity contribution in [1.82, 2.24) is 0 Å². The number of rotatable bonds is 4. The zero-order valence-electron chi connectivity index (χ0n) is 17.0. The van der Waals surface area contributed by atoms with Crippen LogP contribution in [0.15, 0.2) is 56.4 Å². The molecule has 0 aromatic heterocycles. The molecule has 15 heteroatoms. The molecule has 10 nitrogen and oxygen atoms in total.